The van der Waals surface area contributed by atoms with Crippen LogP contribution in [0.2, 0.25) is 0 Å². The molecule has 0 aromatic heterocycles. The first-order valence-electron chi connectivity index (χ1n) is 33.4. The van der Waals surface area contributed by atoms with Gasteiger partial charge in [-0.15, -0.1) is 0 Å². The number of carbonyl (C=O) groups excluding carboxylic acids is 3. The maximum absolute atomic E-state index is 12.9. The molecule has 0 radical (unpaired) electrons. The quantitative estimate of drug-likeness (QED) is 0.0261. The molecule has 0 aliphatic rings. The standard InChI is InChI=1S/C73H124O6/c1-4-7-10-13-16-19-22-25-28-30-32-34-35-36-37-39-40-42-45-48-51-54-57-60-63-66-72(75)78-69-70(68-77-71(74)65-62-59-56-53-50-47-44-27-24-21-18-15-12-9-6-3)79-73(76)67-64-61-58-55-52-49-46-43-41-38-33-31-29-26-23-20-17-14-11-8-5-2/h9,12,18,21-23,25-27,30-33,35-36,44,50,53,70H,4-8,10-11,13-17,19-20,24,28-29,34,37-43,45-49,51-52,54-69H2,1-3H3/b12-9-,21-18-,25-22-,26-23-,32-30-,33-31-,36-35-,44-27-,53-50-. The summed E-state index contributed by atoms with van der Waals surface area (Å²) in [5.41, 5.74) is 0. The van der Waals surface area contributed by atoms with Crippen molar-refractivity contribution in [2.24, 2.45) is 0 Å². The molecular weight excluding hydrogens is 973 g/mol. The van der Waals surface area contributed by atoms with Crippen LogP contribution in [0.15, 0.2) is 109 Å². The Morgan fingerprint density at radius 2 is 0.494 bits per heavy atom. The van der Waals surface area contributed by atoms with E-state index in [9.17, 15) is 14.4 Å². The Bertz CT molecular complexity index is 1590. The van der Waals surface area contributed by atoms with Crippen LogP contribution in [0.25, 0.3) is 0 Å². The van der Waals surface area contributed by atoms with E-state index in [4.69, 9.17) is 14.2 Å². The van der Waals surface area contributed by atoms with E-state index in [2.05, 4.69) is 130 Å². The lowest BCUT2D eigenvalue weighted by molar-refractivity contribution is -0.167. The molecule has 0 spiro atoms. The number of carbonyl (C=O) groups is 3. The third-order valence-electron chi connectivity index (χ3n) is 14.2. The Labute approximate surface area is 489 Å². The fraction of sp³-hybridized carbons (Fsp3) is 0.712. The molecule has 0 rings (SSSR count). The number of esters is 3. The first kappa shape index (κ1) is 75.1. The van der Waals surface area contributed by atoms with Gasteiger partial charge in [0.05, 0.1) is 0 Å². The predicted molar refractivity (Wildman–Crippen MR) is 343 cm³/mol. The lowest BCUT2D eigenvalue weighted by Gasteiger charge is -2.18. The minimum absolute atomic E-state index is 0.0955. The van der Waals surface area contributed by atoms with Crippen LogP contribution in [0.1, 0.15) is 316 Å². The number of rotatable bonds is 60. The van der Waals surface area contributed by atoms with Gasteiger partial charge in [-0.2, -0.15) is 0 Å². The zero-order valence-corrected chi connectivity index (χ0v) is 51.9. The van der Waals surface area contributed by atoms with Crippen LogP contribution in [0, 0.1) is 0 Å². The number of ether oxygens (including phenoxy) is 3. The molecule has 0 saturated carbocycles. The molecule has 6 nitrogen and oxygen atoms in total. The van der Waals surface area contributed by atoms with Crippen molar-refractivity contribution < 1.29 is 28.6 Å². The molecular formula is C73H124O6. The summed E-state index contributed by atoms with van der Waals surface area (Å²) in [5.74, 6) is -0.938. The van der Waals surface area contributed by atoms with Gasteiger partial charge in [-0.3, -0.25) is 14.4 Å². The van der Waals surface area contributed by atoms with Gasteiger partial charge in [0.2, 0.25) is 0 Å². The molecule has 6 heteroatoms. The zero-order valence-electron chi connectivity index (χ0n) is 51.9. The van der Waals surface area contributed by atoms with E-state index >= 15 is 0 Å². The lowest BCUT2D eigenvalue weighted by atomic mass is 10.0. The highest BCUT2D eigenvalue weighted by Crippen LogP contribution is 2.16. The van der Waals surface area contributed by atoms with Gasteiger partial charge in [0.1, 0.15) is 13.2 Å². The van der Waals surface area contributed by atoms with E-state index in [1.54, 1.807) is 0 Å². The fourth-order valence-electron chi connectivity index (χ4n) is 9.24. The summed E-state index contributed by atoms with van der Waals surface area (Å²) < 4.78 is 16.9. The van der Waals surface area contributed by atoms with E-state index in [1.807, 2.05) is 0 Å². The number of unbranched alkanes of at least 4 members (excludes halogenated alkanes) is 31. The van der Waals surface area contributed by atoms with E-state index in [0.29, 0.717) is 19.3 Å². The first-order chi connectivity index (χ1) is 39.0. The minimum atomic E-state index is -0.803. The predicted octanol–water partition coefficient (Wildman–Crippen LogP) is 23.0. The van der Waals surface area contributed by atoms with Crippen LogP contribution in [0.4, 0.5) is 0 Å². The molecule has 1 unspecified atom stereocenters. The van der Waals surface area contributed by atoms with E-state index in [1.165, 1.54) is 173 Å². The third-order valence-corrected chi connectivity index (χ3v) is 14.2. The first-order valence-corrected chi connectivity index (χ1v) is 33.4. The fourth-order valence-corrected chi connectivity index (χ4v) is 9.24. The number of hydrogen-bond acceptors (Lipinski definition) is 6. The topological polar surface area (TPSA) is 78.9 Å². The maximum atomic E-state index is 12.9. The van der Waals surface area contributed by atoms with Gasteiger partial charge in [-0.1, -0.05) is 278 Å². The summed E-state index contributed by atoms with van der Waals surface area (Å²) in [7, 11) is 0. The smallest absolute Gasteiger partial charge is 0.306 e. The third kappa shape index (κ3) is 64.8. The van der Waals surface area contributed by atoms with Crippen molar-refractivity contribution in [3.05, 3.63) is 109 Å². The molecule has 0 fully saturated rings. The van der Waals surface area contributed by atoms with E-state index < -0.39 is 6.10 Å². The van der Waals surface area contributed by atoms with E-state index in [0.717, 1.165) is 103 Å². The van der Waals surface area contributed by atoms with E-state index in [-0.39, 0.29) is 31.1 Å². The van der Waals surface area contributed by atoms with Crippen molar-refractivity contribution in [3.63, 3.8) is 0 Å². The minimum Gasteiger partial charge on any atom is -0.462 e. The average molecular weight is 1100 g/mol. The van der Waals surface area contributed by atoms with Crippen LogP contribution in [-0.4, -0.2) is 37.2 Å². The Balaban J connectivity index is 4.39. The van der Waals surface area contributed by atoms with Crippen LogP contribution < -0.4 is 0 Å². The molecule has 1 atom stereocenters. The SMILES string of the molecule is CC/C=C\C/C=C\C/C=C\C/C=C\CCCCC(=O)OCC(COC(=O)CCCCCCCCCCCC/C=C\C/C=C\C/C=C\CCCCCCC)OC(=O)CCCCCCCCCCC/C=C\C/C=C\CCCCCCC. The summed E-state index contributed by atoms with van der Waals surface area (Å²) in [6.07, 6.45) is 91.0. The normalized spacial score (nSPS) is 12.8. The van der Waals surface area contributed by atoms with Crippen LogP contribution in [0.3, 0.4) is 0 Å². The number of hydrogen-bond donors (Lipinski definition) is 0. The molecule has 0 aromatic carbocycles. The van der Waals surface area contributed by atoms with Gasteiger partial charge >= 0.3 is 17.9 Å². The van der Waals surface area contributed by atoms with Crippen molar-refractivity contribution in [2.45, 2.75) is 322 Å². The summed E-state index contributed by atoms with van der Waals surface area (Å²) in [5, 5.41) is 0. The summed E-state index contributed by atoms with van der Waals surface area (Å²) in [6, 6.07) is 0. The van der Waals surface area contributed by atoms with Gasteiger partial charge in [0.25, 0.3) is 0 Å². The van der Waals surface area contributed by atoms with Crippen molar-refractivity contribution in [1.82, 2.24) is 0 Å². The summed E-state index contributed by atoms with van der Waals surface area (Å²) in [4.78, 5) is 38.4. The van der Waals surface area contributed by atoms with Crippen molar-refractivity contribution >= 4 is 17.9 Å². The molecule has 0 aliphatic heterocycles. The highest BCUT2D eigenvalue weighted by atomic mass is 16.6. The van der Waals surface area contributed by atoms with Crippen LogP contribution >= 0.6 is 0 Å². The summed E-state index contributed by atoms with van der Waals surface area (Å²) in [6.45, 7) is 6.49. The van der Waals surface area contributed by atoms with Crippen molar-refractivity contribution in [3.8, 4) is 0 Å². The Morgan fingerprint density at radius 1 is 0.266 bits per heavy atom. The second kappa shape index (κ2) is 66.6. The Hall–Kier alpha value is -3.93. The lowest BCUT2D eigenvalue weighted by Crippen LogP contribution is -2.30. The molecule has 0 aliphatic carbocycles. The molecule has 0 heterocycles. The van der Waals surface area contributed by atoms with Crippen LogP contribution in [-0.2, 0) is 28.6 Å². The van der Waals surface area contributed by atoms with Crippen molar-refractivity contribution in [2.75, 3.05) is 13.2 Å². The zero-order chi connectivity index (χ0) is 57.1. The highest BCUT2D eigenvalue weighted by molar-refractivity contribution is 5.71. The number of allylic oxidation sites excluding steroid dienone is 18. The Kier molecular flexibility index (Phi) is 63.3. The molecule has 452 valence electrons. The van der Waals surface area contributed by atoms with Gasteiger partial charge < -0.3 is 14.2 Å². The molecule has 0 aromatic rings. The van der Waals surface area contributed by atoms with Crippen LogP contribution in [0.5, 0.6) is 0 Å². The molecule has 0 N–H and O–H groups in total. The average Bonchev–Trinajstić information content (AvgIpc) is 3.45. The van der Waals surface area contributed by atoms with Gasteiger partial charge in [0, 0.05) is 19.3 Å². The second-order valence-electron chi connectivity index (χ2n) is 22.0. The highest BCUT2D eigenvalue weighted by Gasteiger charge is 2.19. The molecule has 79 heavy (non-hydrogen) atoms. The van der Waals surface area contributed by atoms with Gasteiger partial charge in [-0.25, -0.2) is 0 Å². The second-order valence-corrected chi connectivity index (χ2v) is 22.0. The Morgan fingerprint density at radius 3 is 0.797 bits per heavy atom. The molecule has 0 amide bonds. The summed E-state index contributed by atoms with van der Waals surface area (Å²) >= 11 is 0. The molecule has 0 bridgehead atoms. The van der Waals surface area contributed by atoms with Gasteiger partial charge in [-0.05, 0) is 128 Å². The van der Waals surface area contributed by atoms with Crippen molar-refractivity contribution in [1.29, 1.82) is 0 Å². The monoisotopic (exact) mass is 1100 g/mol. The maximum Gasteiger partial charge on any atom is 0.306 e. The largest absolute Gasteiger partial charge is 0.462 e. The van der Waals surface area contributed by atoms with Gasteiger partial charge in [0.15, 0.2) is 6.10 Å². The molecule has 0 saturated heterocycles.